The highest BCUT2D eigenvalue weighted by Gasteiger charge is 2.17. The quantitative estimate of drug-likeness (QED) is 0.535. The van der Waals surface area contributed by atoms with E-state index in [9.17, 15) is 0 Å². The average Bonchev–Trinajstić information content (AvgIpc) is 2.59. The molecule has 1 aromatic heterocycles. The molecule has 1 saturated carbocycles. The van der Waals surface area contributed by atoms with Gasteiger partial charge in [-0.05, 0) is 38.1 Å². The molecule has 1 aliphatic carbocycles. The Morgan fingerprint density at radius 1 is 1.27 bits per heavy atom. The number of nitrogens with zero attached hydrogens (tertiary/aromatic N) is 2. The van der Waals surface area contributed by atoms with Crippen LogP contribution in [0.15, 0.2) is 25.0 Å². The zero-order valence-electron chi connectivity index (χ0n) is 14.1. The average molecular weight is 301 g/mol. The summed E-state index contributed by atoms with van der Waals surface area (Å²) in [4.78, 5) is 9.19. The first-order chi connectivity index (χ1) is 10.8. The van der Waals surface area contributed by atoms with E-state index < -0.39 is 0 Å². The normalized spacial score (nSPS) is 17.3. The van der Waals surface area contributed by atoms with Gasteiger partial charge in [0.15, 0.2) is 0 Å². The molecule has 0 aromatic carbocycles. The molecule has 0 spiro atoms. The first-order valence-electron chi connectivity index (χ1n) is 8.96. The van der Waals surface area contributed by atoms with Gasteiger partial charge in [-0.1, -0.05) is 38.7 Å². The largest absolute Gasteiger partial charge is 0.313 e. The second kappa shape index (κ2) is 9.73. The summed E-state index contributed by atoms with van der Waals surface area (Å²) in [5, 5.41) is 3.51. The maximum absolute atomic E-state index is 4.60. The predicted octanol–water partition coefficient (Wildman–Crippen LogP) is 4.61. The molecule has 1 unspecified atom stereocenters. The number of hydrogen-bond acceptors (Lipinski definition) is 3. The Morgan fingerprint density at radius 3 is 2.64 bits per heavy atom. The van der Waals surface area contributed by atoms with Crippen molar-refractivity contribution in [1.82, 2.24) is 15.3 Å². The fourth-order valence-corrected chi connectivity index (χ4v) is 3.29. The van der Waals surface area contributed by atoms with Crippen LogP contribution in [-0.2, 0) is 6.54 Å². The molecule has 0 radical (unpaired) electrons. The van der Waals surface area contributed by atoms with Gasteiger partial charge in [0.2, 0.25) is 0 Å². The number of nitrogens with one attached hydrogen (secondary N) is 1. The second-order valence-electron chi connectivity index (χ2n) is 6.55. The van der Waals surface area contributed by atoms with Gasteiger partial charge < -0.3 is 5.32 Å². The van der Waals surface area contributed by atoms with Crippen molar-refractivity contribution in [1.29, 1.82) is 0 Å². The molecule has 0 saturated heterocycles. The lowest BCUT2D eigenvalue weighted by Crippen LogP contribution is -2.18. The highest BCUT2D eigenvalue weighted by molar-refractivity contribution is 5.07. The lowest BCUT2D eigenvalue weighted by molar-refractivity contribution is 0.428. The molecule has 0 amide bonds. The smallest absolute Gasteiger partial charge is 0.131 e. The van der Waals surface area contributed by atoms with Crippen molar-refractivity contribution in [3.05, 3.63) is 36.4 Å². The lowest BCUT2D eigenvalue weighted by atomic mass is 9.89. The van der Waals surface area contributed by atoms with Gasteiger partial charge in [-0.15, -0.1) is 6.58 Å². The van der Waals surface area contributed by atoms with Gasteiger partial charge in [0.1, 0.15) is 5.82 Å². The van der Waals surface area contributed by atoms with Crippen molar-refractivity contribution < 1.29 is 0 Å². The summed E-state index contributed by atoms with van der Waals surface area (Å²) in [6, 6.07) is 0. The Bertz CT molecular complexity index is 421. The topological polar surface area (TPSA) is 37.8 Å². The van der Waals surface area contributed by atoms with Crippen LogP contribution in [0.3, 0.4) is 0 Å². The van der Waals surface area contributed by atoms with Crippen LogP contribution in [0.1, 0.15) is 75.6 Å². The molecule has 1 aliphatic rings. The van der Waals surface area contributed by atoms with Gasteiger partial charge >= 0.3 is 0 Å². The minimum atomic E-state index is 0.597. The molecule has 0 bridgehead atoms. The molecule has 22 heavy (non-hydrogen) atoms. The van der Waals surface area contributed by atoms with Crippen LogP contribution in [0.2, 0.25) is 0 Å². The summed E-state index contributed by atoms with van der Waals surface area (Å²) >= 11 is 0. The number of rotatable bonds is 9. The van der Waals surface area contributed by atoms with E-state index in [-0.39, 0.29) is 0 Å². The van der Waals surface area contributed by atoms with Gasteiger partial charge in [-0.3, -0.25) is 0 Å². The van der Waals surface area contributed by atoms with E-state index in [1.165, 1.54) is 50.5 Å². The van der Waals surface area contributed by atoms with Crippen LogP contribution >= 0.6 is 0 Å². The minimum absolute atomic E-state index is 0.597. The van der Waals surface area contributed by atoms with Crippen LogP contribution in [0, 0.1) is 5.92 Å². The van der Waals surface area contributed by atoms with Gasteiger partial charge in [-0.25, -0.2) is 9.97 Å². The third kappa shape index (κ3) is 5.53. The highest BCUT2D eigenvalue weighted by atomic mass is 14.9. The second-order valence-corrected chi connectivity index (χ2v) is 6.55. The molecular formula is C19H31N3. The first kappa shape index (κ1) is 17.1. The SMILES string of the molecule is C=CCC(CC)CCNCc1cnc(C2CCCCC2)nc1. The third-order valence-corrected chi connectivity index (χ3v) is 4.83. The maximum atomic E-state index is 4.60. The van der Waals surface area contributed by atoms with Crippen molar-refractivity contribution in [3.63, 3.8) is 0 Å². The Morgan fingerprint density at radius 2 is 2.00 bits per heavy atom. The van der Waals surface area contributed by atoms with Gasteiger partial charge in [0, 0.05) is 30.4 Å². The molecule has 1 aromatic rings. The minimum Gasteiger partial charge on any atom is -0.313 e. The van der Waals surface area contributed by atoms with Crippen LogP contribution in [0.25, 0.3) is 0 Å². The highest BCUT2D eigenvalue weighted by Crippen LogP contribution is 2.30. The summed E-state index contributed by atoms with van der Waals surface area (Å²) in [5.74, 6) is 2.41. The van der Waals surface area contributed by atoms with Gasteiger partial charge in [-0.2, -0.15) is 0 Å². The van der Waals surface area contributed by atoms with Crippen molar-refractivity contribution in [3.8, 4) is 0 Å². The lowest BCUT2D eigenvalue weighted by Gasteiger charge is -2.20. The molecule has 122 valence electrons. The van der Waals surface area contributed by atoms with E-state index in [1.807, 2.05) is 18.5 Å². The van der Waals surface area contributed by atoms with E-state index in [1.54, 1.807) is 0 Å². The molecule has 2 rings (SSSR count). The van der Waals surface area contributed by atoms with Crippen LogP contribution < -0.4 is 5.32 Å². The third-order valence-electron chi connectivity index (χ3n) is 4.83. The van der Waals surface area contributed by atoms with E-state index in [2.05, 4.69) is 28.8 Å². The van der Waals surface area contributed by atoms with Crippen LogP contribution in [-0.4, -0.2) is 16.5 Å². The number of aromatic nitrogens is 2. The maximum Gasteiger partial charge on any atom is 0.131 e. The summed E-state index contributed by atoms with van der Waals surface area (Å²) < 4.78 is 0. The molecule has 1 fully saturated rings. The Labute approximate surface area is 135 Å². The molecule has 3 heteroatoms. The number of hydrogen-bond donors (Lipinski definition) is 1. The monoisotopic (exact) mass is 301 g/mol. The zero-order chi connectivity index (χ0) is 15.6. The van der Waals surface area contributed by atoms with Crippen molar-refractivity contribution in [2.75, 3.05) is 6.54 Å². The molecule has 0 aliphatic heterocycles. The van der Waals surface area contributed by atoms with Crippen molar-refractivity contribution in [2.24, 2.45) is 5.92 Å². The zero-order valence-corrected chi connectivity index (χ0v) is 14.1. The van der Waals surface area contributed by atoms with Crippen LogP contribution in [0.4, 0.5) is 0 Å². The van der Waals surface area contributed by atoms with Gasteiger partial charge in [0.25, 0.3) is 0 Å². The molecule has 1 atom stereocenters. The summed E-state index contributed by atoms with van der Waals surface area (Å²) in [7, 11) is 0. The Kier molecular flexibility index (Phi) is 7.58. The standard InChI is InChI=1S/C19H31N3/c1-3-8-16(4-2)11-12-20-13-17-14-21-19(22-15-17)18-9-6-5-7-10-18/h3,14-16,18,20H,1,4-13H2,2H3. The van der Waals surface area contributed by atoms with E-state index in [0.717, 1.165) is 31.3 Å². The van der Waals surface area contributed by atoms with Crippen LogP contribution in [0.5, 0.6) is 0 Å². The molecule has 1 N–H and O–H groups in total. The van der Waals surface area contributed by atoms with E-state index in [0.29, 0.717) is 5.92 Å². The van der Waals surface area contributed by atoms with E-state index >= 15 is 0 Å². The van der Waals surface area contributed by atoms with E-state index in [4.69, 9.17) is 0 Å². The Hall–Kier alpha value is -1.22. The number of allylic oxidation sites excluding steroid dienone is 1. The Balaban J connectivity index is 1.71. The predicted molar refractivity (Wildman–Crippen MR) is 92.8 cm³/mol. The summed E-state index contributed by atoms with van der Waals surface area (Å²) in [6.45, 7) is 8.01. The molecule has 3 nitrogen and oxygen atoms in total. The summed E-state index contributed by atoms with van der Waals surface area (Å²) in [5.41, 5.74) is 1.19. The fourth-order valence-electron chi connectivity index (χ4n) is 3.29. The first-order valence-corrected chi connectivity index (χ1v) is 8.96. The van der Waals surface area contributed by atoms with Crippen molar-refractivity contribution in [2.45, 2.75) is 70.8 Å². The summed E-state index contributed by atoms with van der Waals surface area (Å²) in [6.07, 6.45) is 16.2. The molecule has 1 heterocycles. The molecular weight excluding hydrogens is 270 g/mol. The van der Waals surface area contributed by atoms with Crippen molar-refractivity contribution >= 4 is 0 Å². The fraction of sp³-hybridized carbons (Fsp3) is 0.684. The van der Waals surface area contributed by atoms with Gasteiger partial charge in [0.05, 0.1) is 0 Å².